The fourth-order valence-corrected chi connectivity index (χ4v) is 3.13. The standard InChI is InChI=1S/C24H28N6O2/c1-4-20(16-29-13-12-25-19(29)3)15-27-22(31)17-30-18(2)14-28-23(24(30)32)26-11-10-21-8-6-5-7-9-21/h4-9,12-14,16H,1,10-11,15,17H2,2-3H3,(H,26,28)(H,27,31)/b20-16+. The molecule has 3 aromatic rings. The Morgan fingerprint density at radius 3 is 2.66 bits per heavy atom. The SMILES string of the molecule is C=C/C(=C\n1ccnc1C)CNC(=O)Cn1c(C)cnc(NCCc2ccccc2)c1=O. The van der Waals surface area contributed by atoms with E-state index in [0.29, 0.717) is 18.8 Å². The number of rotatable bonds is 10. The second-order valence-corrected chi connectivity index (χ2v) is 7.37. The average molecular weight is 433 g/mol. The first-order valence-corrected chi connectivity index (χ1v) is 10.4. The molecule has 0 spiro atoms. The third-order valence-electron chi connectivity index (χ3n) is 5.02. The lowest BCUT2D eigenvalue weighted by atomic mass is 10.1. The largest absolute Gasteiger partial charge is 0.365 e. The molecular formula is C24H28N6O2. The first kappa shape index (κ1) is 22.7. The molecule has 0 fully saturated rings. The summed E-state index contributed by atoms with van der Waals surface area (Å²) in [5, 5.41) is 5.92. The van der Waals surface area contributed by atoms with Crippen LogP contribution >= 0.6 is 0 Å². The Labute approximate surface area is 187 Å². The monoisotopic (exact) mass is 432 g/mol. The topological polar surface area (TPSA) is 93.8 Å². The zero-order valence-electron chi connectivity index (χ0n) is 18.4. The molecule has 166 valence electrons. The van der Waals surface area contributed by atoms with Crippen LogP contribution in [0.1, 0.15) is 17.1 Å². The summed E-state index contributed by atoms with van der Waals surface area (Å²) >= 11 is 0. The molecule has 0 aliphatic carbocycles. The number of nitrogens with zero attached hydrogens (tertiary/aromatic N) is 4. The molecule has 8 heteroatoms. The summed E-state index contributed by atoms with van der Waals surface area (Å²) in [6.07, 6.45) is 9.43. The Bertz CT molecular complexity index is 1160. The molecule has 0 aliphatic rings. The minimum atomic E-state index is -0.318. The van der Waals surface area contributed by atoms with Crippen LogP contribution in [0.15, 0.2) is 71.9 Å². The van der Waals surface area contributed by atoms with Gasteiger partial charge in [0.1, 0.15) is 12.4 Å². The van der Waals surface area contributed by atoms with Crippen molar-refractivity contribution in [1.29, 1.82) is 0 Å². The van der Waals surface area contributed by atoms with E-state index in [4.69, 9.17) is 0 Å². The maximum Gasteiger partial charge on any atom is 0.293 e. The van der Waals surface area contributed by atoms with Crippen LogP contribution in [-0.2, 0) is 17.8 Å². The van der Waals surface area contributed by atoms with Crippen LogP contribution in [-0.4, -0.2) is 38.1 Å². The Kier molecular flexibility index (Phi) is 7.75. The van der Waals surface area contributed by atoms with Gasteiger partial charge in [0.05, 0.1) is 0 Å². The van der Waals surface area contributed by atoms with Gasteiger partial charge in [-0.15, -0.1) is 0 Å². The Balaban J connectivity index is 1.60. The van der Waals surface area contributed by atoms with Crippen LogP contribution < -0.4 is 16.2 Å². The molecule has 1 amide bonds. The van der Waals surface area contributed by atoms with Crippen molar-refractivity contribution in [2.45, 2.75) is 26.8 Å². The number of aromatic nitrogens is 4. The van der Waals surface area contributed by atoms with E-state index in [2.05, 4.69) is 27.2 Å². The van der Waals surface area contributed by atoms with Crippen molar-refractivity contribution in [3.8, 4) is 0 Å². The van der Waals surface area contributed by atoms with E-state index < -0.39 is 0 Å². The lowest BCUT2D eigenvalue weighted by Crippen LogP contribution is -2.35. The van der Waals surface area contributed by atoms with Gasteiger partial charge >= 0.3 is 0 Å². The quantitative estimate of drug-likeness (QED) is 0.480. The number of imidazole rings is 1. The molecule has 0 radical (unpaired) electrons. The number of carbonyl (C=O) groups is 1. The van der Waals surface area contributed by atoms with E-state index in [1.165, 1.54) is 10.1 Å². The number of aryl methyl sites for hydroxylation is 2. The highest BCUT2D eigenvalue weighted by Crippen LogP contribution is 2.04. The molecule has 0 saturated heterocycles. The highest BCUT2D eigenvalue weighted by molar-refractivity contribution is 5.76. The van der Waals surface area contributed by atoms with E-state index in [1.54, 1.807) is 25.4 Å². The zero-order chi connectivity index (χ0) is 22.9. The summed E-state index contributed by atoms with van der Waals surface area (Å²) < 4.78 is 3.28. The number of hydrogen-bond donors (Lipinski definition) is 2. The van der Waals surface area contributed by atoms with Crippen molar-refractivity contribution in [1.82, 2.24) is 24.4 Å². The number of anilines is 1. The van der Waals surface area contributed by atoms with Crippen molar-refractivity contribution in [2.75, 3.05) is 18.4 Å². The minimum absolute atomic E-state index is 0.0882. The molecule has 2 heterocycles. The highest BCUT2D eigenvalue weighted by atomic mass is 16.2. The first-order chi connectivity index (χ1) is 15.5. The van der Waals surface area contributed by atoms with Crippen LogP contribution in [0.3, 0.4) is 0 Å². The van der Waals surface area contributed by atoms with E-state index in [0.717, 1.165) is 17.8 Å². The lowest BCUT2D eigenvalue weighted by molar-refractivity contribution is -0.121. The van der Waals surface area contributed by atoms with Crippen LogP contribution in [0, 0.1) is 13.8 Å². The predicted octanol–water partition coefficient (Wildman–Crippen LogP) is 2.55. The number of amides is 1. The van der Waals surface area contributed by atoms with E-state index in [-0.39, 0.29) is 23.8 Å². The number of hydrogen-bond acceptors (Lipinski definition) is 5. The number of carbonyl (C=O) groups excluding carboxylic acids is 1. The molecule has 2 N–H and O–H groups in total. The van der Waals surface area contributed by atoms with Crippen LogP contribution in [0.2, 0.25) is 0 Å². The van der Waals surface area contributed by atoms with Gasteiger partial charge in [-0.1, -0.05) is 43.0 Å². The normalized spacial score (nSPS) is 11.2. The van der Waals surface area contributed by atoms with Crippen LogP contribution in [0.4, 0.5) is 5.82 Å². The molecular weight excluding hydrogens is 404 g/mol. The minimum Gasteiger partial charge on any atom is -0.365 e. The Hall–Kier alpha value is -3.94. The van der Waals surface area contributed by atoms with Gasteiger partial charge in [-0.25, -0.2) is 9.97 Å². The molecule has 0 atom stereocenters. The highest BCUT2D eigenvalue weighted by Gasteiger charge is 2.11. The zero-order valence-corrected chi connectivity index (χ0v) is 18.4. The first-order valence-electron chi connectivity index (χ1n) is 10.4. The lowest BCUT2D eigenvalue weighted by Gasteiger charge is -2.13. The van der Waals surface area contributed by atoms with Crippen molar-refractivity contribution in [3.63, 3.8) is 0 Å². The van der Waals surface area contributed by atoms with Crippen molar-refractivity contribution >= 4 is 17.9 Å². The van der Waals surface area contributed by atoms with Crippen molar-refractivity contribution in [3.05, 3.63) is 94.6 Å². The van der Waals surface area contributed by atoms with E-state index >= 15 is 0 Å². The van der Waals surface area contributed by atoms with E-state index in [1.807, 2.05) is 54.2 Å². The predicted molar refractivity (Wildman–Crippen MR) is 126 cm³/mol. The average Bonchev–Trinajstić information content (AvgIpc) is 3.20. The Morgan fingerprint density at radius 2 is 1.97 bits per heavy atom. The summed E-state index contributed by atoms with van der Waals surface area (Å²) in [6, 6.07) is 10.00. The summed E-state index contributed by atoms with van der Waals surface area (Å²) in [5.41, 5.74) is 2.29. The summed E-state index contributed by atoms with van der Waals surface area (Å²) in [5.74, 6) is 0.801. The maximum atomic E-state index is 12.8. The van der Waals surface area contributed by atoms with Gasteiger partial charge in [0.2, 0.25) is 5.91 Å². The second kappa shape index (κ2) is 10.9. The van der Waals surface area contributed by atoms with Gasteiger partial charge in [0.15, 0.2) is 5.82 Å². The molecule has 3 rings (SSSR count). The van der Waals surface area contributed by atoms with Crippen LogP contribution in [0.5, 0.6) is 0 Å². The van der Waals surface area contributed by atoms with Gasteiger partial charge in [0, 0.05) is 43.6 Å². The van der Waals surface area contributed by atoms with Gasteiger partial charge in [0.25, 0.3) is 5.56 Å². The summed E-state index contributed by atoms with van der Waals surface area (Å²) in [7, 11) is 0. The third-order valence-corrected chi connectivity index (χ3v) is 5.02. The number of nitrogens with one attached hydrogen (secondary N) is 2. The van der Waals surface area contributed by atoms with Crippen LogP contribution in [0.25, 0.3) is 6.20 Å². The molecule has 0 aliphatic heterocycles. The molecule has 0 bridgehead atoms. The van der Waals surface area contributed by atoms with Gasteiger partial charge in [-0.3, -0.25) is 14.2 Å². The third kappa shape index (κ3) is 6.04. The molecule has 0 unspecified atom stereocenters. The maximum absolute atomic E-state index is 12.8. The fourth-order valence-electron chi connectivity index (χ4n) is 3.13. The van der Waals surface area contributed by atoms with Crippen molar-refractivity contribution < 1.29 is 4.79 Å². The molecule has 1 aromatic carbocycles. The molecule has 32 heavy (non-hydrogen) atoms. The smallest absolute Gasteiger partial charge is 0.293 e. The summed E-state index contributed by atoms with van der Waals surface area (Å²) in [4.78, 5) is 33.7. The van der Waals surface area contributed by atoms with E-state index in [9.17, 15) is 9.59 Å². The van der Waals surface area contributed by atoms with Gasteiger partial charge in [-0.2, -0.15) is 0 Å². The van der Waals surface area contributed by atoms with Gasteiger partial charge in [-0.05, 0) is 31.4 Å². The van der Waals surface area contributed by atoms with Crippen molar-refractivity contribution in [2.24, 2.45) is 0 Å². The van der Waals surface area contributed by atoms with Gasteiger partial charge < -0.3 is 15.2 Å². The Morgan fingerprint density at radius 1 is 1.19 bits per heavy atom. The summed E-state index contributed by atoms with van der Waals surface area (Å²) in [6.45, 7) is 8.22. The fraction of sp³-hybridized carbons (Fsp3) is 0.250. The second-order valence-electron chi connectivity index (χ2n) is 7.37. The molecule has 2 aromatic heterocycles. The number of benzene rings is 1. The molecule has 0 saturated carbocycles. The molecule has 8 nitrogen and oxygen atoms in total.